The molecule has 1 amide bonds. The van der Waals surface area contributed by atoms with Crippen LogP contribution >= 0.6 is 0 Å². The Labute approximate surface area is 135 Å². The van der Waals surface area contributed by atoms with E-state index in [4.69, 9.17) is 9.47 Å². The van der Waals surface area contributed by atoms with Crippen LogP contribution in [0.1, 0.15) is 18.4 Å². The van der Waals surface area contributed by atoms with Crippen molar-refractivity contribution in [2.24, 2.45) is 5.92 Å². The molecule has 122 valence electrons. The molecule has 1 aliphatic heterocycles. The Hall–Kier alpha value is -2.34. The van der Waals surface area contributed by atoms with Gasteiger partial charge in [-0.25, -0.2) is 4.68 Å². The zero-order chi connectivity index (χ0) is 16.1. The van der Waals surface area contributed by atoms with Gasteiger partial charge in [0.25, 0.3) is 0 Å². The van der Waals surface area contributed by atoms with E-state index < -0.39 is 0 Å². The van der Waals surface area contributed by atoms with Crippen LogP contribution in [-0.2, 0) is 16.1 Å². The van der Waals surface area contributed by atoms with Gasteiger partial charge in [0, 0.05) is 37.9 Å². The maximum atomic E-state index is 11.9. The fourth-order valence-corrected chi connectivity index (χ4v) is 2.68. The number of hydrogen-bond donors (Lipinski definition) is 1. The molecule has 0 spiro atoms. The number of ether oxygens (including phenoxy) is 2. The topological polar surface area (TPSA) is 65.4 Å². The third kappa shape index (κ3) is 3.90. The Morgan fingerprint density at radius 2 is 2.35 bits per heavy atom. The summed E-state index contributed by atoms with van der Waals surface area (Å²) in [6, 6.07) is 7.68. The summed E-state index contributed by atoms with van der Waals surface area (Å²) in [7, 11) is 1.64. The van der Waals surface area contributed by atoms with E-state index >= 15 is 0 Å². The number of aromatic nitrogens is 2. The molecule has 6 heteroatoms. The zero-order valence-electron chi connectivity index (χ0n) is 13.2. The lowest BCUT2D eigenvalue weighted by molar-refractivity contribution is -0.122. The smallest absolute Gasteiger partial charge is 0.220 e. The summed E-state index contributed by atoms with van der Waals surface area (Å²) in [5.41, 5.74) is 1.82. The fourth-order valence-electron chi connectivity index (χ4n) is 2.68. The molecule has 1 N–H and O–H groups in total. The summed E-state index contributed by atoms with van der Waals surface area (Å²) in [5, 5.41) is 7.28. The summed E-state index contributed by atoms with van der Waals surface area (Å²) in [5.74, 6) is 1.17. The Kier molecular flexibility index (Phi) is 4.92. The average molecular weight is 315 g/mol. The first-order valence-electron chi connectivity index (χ1n) is 7.77. The van der Waals surface area contributed by atoms with Crippen LogP contribution in [0.2, 0.25) is 0 Å². The second kappa shape index (κ2) is 7.28. The summed E-state index contributed by atoms with van der Waals surface area (Å²) in [4.78, 5) is 11.9. The van der Waals surface area contributed by atoms with Gasteiger partial charge in [0.05, 0.1) is 13.3 Å². The monoisotopic (exact) mass is 315 g/mol. The molecule has 1 fully saturated rings. The first kappa shape index (κ1) is 15.6. The van der Waals surface area contributed by atoms with E-state index in [9.17, 15) is 4.79 Å². The van der Waals surface area contributed by atoms with Crippen LogP contribution in [0.5, 0.6) is 5.75 Å². The van der Waals surface area contributed by atoms with Crippen molar-refractivity contribution in [3.05, 3.63) is 42.2 Å². The first-order valence-corrected chi connectivity index (χ1v) is 7.77. The second-order valence-electron chi connectivity index (χ2n) is 5.68. The summed E-state index contributed by atoms with van der Waals surface area (Å²) >= 11 is 0. The number of nitrogens with one attached hydrogen (secondary N) is 1. The van der Waals surface area contributed by atoms with Crippen LogP contribution in [-0.4, -0.2) is 36.0 Å². The summed E-state index contributed by atoms with van der Waals surface area (Å²) < 4.78 is 12.4. The van der Waals surface area contributed by atoms with Crippen molar-refractivity contribution in [3.63, 3.8) is 0 Å². The maximum Gasteiger partial charge on any atom is 0.220 e. The van der Waals surface area contributed by atoms with E-state index in [2.05, 4.69) is 10.4 Å². The highest BCUT2D eigenvalue weighted by Crippen LogP contribution is 2.21. The Morgan fingerprint density at radius 3 is 3.13 bits per heavy atom. The van der Waals surface area contributed by atoms with Crippen LogP contribution < -0.4 is 10.1 Å². The Morgan fingerprint density at radius 1 is 1.48 bits per heavy atom. The van der Waals surface area contributed by atoms with Gasteiger partial charge in [-0.1, -0.05) is 12.1 Å². The largest absolute Gasteiger partial charge is 0.494 e. The van der Waals surface area contributed by atoms with Crippen molar-refractivity contribution in [3.8, 4) is 11.4 Å². The average Bonchev–Trinajstić information content (AvgIpc) is 3.24. The number of rotatable bonds is 6. The van der Waals surface area contributed by atoms with Crippen molar-refractivity contribution >= 4 is 5.91 Å². The van der Waals surface area contributed by atoms with Gasteiger partial charge in [-0.2, -0.15) is 5.10 Å². The lowest BCUT2D eigenvalue weighted by Crippen LogP contribution is -2.25. The first-order chi connectivity index (χ1) is 11.3. The predicted molar refractivity (Wildman–Crippen MR) is 85.5 cm³/mol. The third-order valence-corrected chi connectivity index (χ3v) is 3.96. The number of benzene rings is 1. The maximum absolute atomic E-state index is 11.9. The van der Waals surface area contributed by atoms with Gasteiger partial charge >= 0.3 is 0 Å². The highest BCUT2D eigenvalue weighted by Gasteiger charge is 2.18. The minimum absolute atomic E-state index is 0.0607. The molecule has 3 rings (SSSR count). The van der Waals surface area contributed by atoms with Gasteiger partial charge in [-0.3, -0.25) is 4.79 Å². The number of methoxy groups -OCH3 is 1. The molecule has 2 heterocycles. The number of hydrogen-bond acceptors (Lipinski definition) is 4. The minimum atomic E-state index is 0.0607. The molecule has 0 aliphatic carbocycles. The second-order valence-corrected chi connectivity index (χ2v) is 5.68. The minimum Gasteiger partial charge on any atom is -0.494 e. The lowest BCUT2D eigenvalue weighted by atomic mass is 10.0. The molecule has 1 saturated heterocycles. The number of carbonyl (C=O) groups excluding carboxylic acids is 1. The van der Waals surface area contributed by atoms with Crippen LogP contribution in [0.25, 0.3) is 5.69 Å². The normalized spacial score (nSPS) is 17.2. The third-order valence-electron chi connectivity index (χ3n) is 3.96. The predicted octanol–water partition coefficient (Wildman–Crippen LogP) is 1.92. The van der Waals surface area contributed by atoms with E-state index in [0.717, 1.165) is 30.0 Å². The van der Waals surface area contributed by atoms with Gasteiger partial charge in [-0.05, 0) is 24.5 Å². The molecule has 23 heavy (non-hydrogen) atoms. The molecule has 0 bridgehead atoms. The van der Waals surface area contributed by atoms with E-state index in [-0.39, 0.29) is 5.91 Å². The molecule has 1 atom stereocenters. The number of para-hydroxylation sites is 2. The molecule has 1 aromatic heterocycles. The fraction of sp³-hybridized carbons (Fsp3) is 0.412. The van der Waals surface area contributed by atoms with Gasteiger partial charge in [0.15, 0.2) is 0 Å². The highest BCUT2D eigenvalue weighted by molar-refractivity contribution is 5.76. The Bertz CT molecular complexity index is 663. The number of carbonyl (C=O) groups is 1. The van der Waals surface area contributed by atoms with Crippen molar-refractivity contribution in [2.45, 2.75) is 19.4 Å². The van der Waals surface area contributed by atoms with Crippen molar-refractivity contribution in [1.29, 1.82) is 0 Å². The summed E-state index contributed by atoms with van der Waals surface area (Å²) in [6.07, 6.45) is 5.15. The van der Waals surface area contributed by atoms with Crippen molar-refractivity contribution < 1.29 is 14.3 Å². The van der Waals surface area contributed by atoms with Crippen molar-refractivity contribution in [2.75, 3.05) is 20.3 Å². The van der Waals surface area contributed by atoms with E-state index in [1.54, 1.807) is 18.0 Å². The van der Waals surface area contributed by atoms with Crippen LogP contribution in [0.4, 0.5) is 0 Å². The Balaban J connectivity index is 1.58. The quantitative estimate of drug-likeness (QED) is 0.884. The van der Waals surface area contributed by atoms with Crippen molar-refractivity contribution in [1.82, 2.24) is 15.1 Å². The summed E-state index contributed by atoms with van der Waals surface area (Å²) in [6.45, 7) is 1.93. The van der Waals surface area contributed by atoms with E-state index in [0.29, 0.717) is 25.5 Å². The van der Waals surface area contributed by atoms with Crippen LogP contribution in [0, 0.1) is 5.92 Å². The van der Waals surface area contributed by atoms with E-state index in [1.165, 1.54) is 0 Å². The van der Waals surface area contributed by atoms with Gasteiger partial charge in [0.2, 0.25) is 5.91 Å². The molecule has 6 nitrogen and oxygen atoms in total. The van der Waals surface area contributed by atoms with Gasteiger partial charge in [0.1, 0.15) is 11.4 Å². The molecule has 2 aromatic rings. The van der Waals surface area contributed by atoms with Crippen LogP contribution in [0.15, 0.2) is 36.7 Å². The molecule has 0 radical (unpaired) electrons. The molecule has 0 saturated carbocycles. The van der Waals surface area contributed by atoms with E-state index in [1.807, 2.05) is 30.5 Å². The standard InChI is InChI=1S/C17H21N3O3/c1-22-16-5-3-2-4-15(16)20-11-14(10-19-20)9-18-17(21)8-13-6-7-23-12-13/h2-5,10-11,13H,6-9,12H2,1H3,(H,18,21)/t13-/m1/s1. The molecular formula is C17H21N3O3. The highest BCUT2D eigenvalue weighted by atomic mass is 16.5. The molecule has 0 unspecified atom stereocenters. The van der Waals surface area contributed by atoms with Crippen LogP contribution in [0.3, 0.4) is 0 Å². The lowest BCUT2D eigenvalue weighted by Gasteiger charge is -2.08. The van der Waals surface area contributed by atoms with Gasteiger partial charge < -0.3 is 14.8 Å². The number of amides is 1. The molecular weight excluding hydrogens is 294 g/mol. The van der Waals surface area contributed by atoms with Gasteiger partial charge in [-0.15, -0.1) is 0 Å². The SMILES string of the molecule is COc1ccccc1-n1cc(CNC(=O)C[C@H]2CCOC2)cn1. The molecule has 1 aromatic carbocycles. The molecule has 1 aliphatic rings. The zero-order valence-corrected chi connectivity index (χ0v) is 13.2. The number of nitrogens with zero attached hydrogens (tertiary/aromatic N) is 2.